The molecule has 17 heavy (non-hydrogen) atoms. The van der Waals surface area contributed by atoms with Crippen LogP contribution in [0.1, 0.15) is 22.3 Å². The van der Waals surface area contributed by atoms with Crippen molar-refractivity contribution in [3.8, 4) is 5.75 Å². The molecule has 5 heteroatoms. The number of carbonyl (C=O) groups excluding carboxylic acids is 1. The van der Waals surface area contributed by atoms with Gasteiger partial charge in [0.15, 0.2) is 0 Å². The first kappa shape index (κ1) is 12.8. The van der Waals surface area contributed by atoms with E-state index in [1.165, 1.54) is 19.2 Å². The van der Waals surface area contributed by atoms with Crippen molar-refractivity contribution in [1.29, 1.82) is 0 Å². The Morgan fingerprint density at radius 2 is 2.12 bits per heavy atom. The summed E-state index contributed by atoms with van der Waals surface area (Å²) in [6, 6.07) is 4.58. The normalized spacial score (nSPS) is 10.4. The van der Waals surface area contributed by atoms with Gasteiger partial charge in [-0.25, -0.2) is 4.79 Å². The Bertz CT molecular complexity index is 466. The number of carboxylic acids is 1. The number of amides is 1. The number of hydrogen-bond acceptors (Lipinski definition) is 3. The maximum atomic E-state index is 10.8. The second-order valence-electron chi connectivity index (χ2n) is 3.37. The predicted molar refractivity (Wildman–Crippen MR) is 62.8 cm³/mol. The van der Waals surface area contributed by atoms with Gasteiger partial charge >= 0.3 is 5.97 Å². The molecular weight excluding hydrogens is 222 g/mol. The molecule has 0 aliphatic rings. The Labute approximate surface area is 98.5 Å². The first-order chi connectivity index (χ1) is 8.02. The lowest BCUT2D eigenvalue weighted by molar-refractivity contribution is -0.117. The second kappa shape index (κ2) is 5.69. The predicted octanol–water partition coefficient (Wildman–Crippen LogP) is 1.28. The number of methoxy groups -OCH3 is 1. The van der Waals surface area contributed by atoms with Crippen LogP contribution in [0.2, 0.25) is 0 Å². The average molecular weight is 235 g/mol. The number of nitrogens with two attached hydrogens (primary N) is 1. The molecule has 0 spiro atoms. The summed E-state index contributed by atoms with van der Waals surface area (Å²) in [6.45, 7) is 0. The van der Waals surface area contributed by atoms with Crippen LogP contribution in [-0.4, -0.2) is 24.1 Å². The van der Waals surface area contributed by atoms with Crippen LogP contribution in [-0.2, 0) is 4.79 Å². The summed E-state index contributed by atoms with van der Waals surface area (Å²) in [5, 5.41) is 8.89. The minimum atomic E-state index is -1.03. The fourth-order valence-electron chi connectivity index (χ4n) is 1.27. The minimum absolute atomic E-state index is 0.111. The van der Waals surface area contributed by atoms with Gasteiger partial charge in [-0.2, -0.15) is 0 Å². The lowest BCUT2D eigenvalue weighted by Crippen LogP contribution is -2.07. The van der Waals surface area contributed by atoms with Crippen molar-refractivity contribution < 1.29 is 19.4 Å². The molecule has 1 aromatic rings. The molecule has 0 radical (unpaired) electrons. The zero-order chi connectivity index (χ0) is 12.8. The van der Waals surface area contributed by atoms with E-state index in [4.69, 9.17) is 15.6 Å². The molecule has 0 aromatic heterocycles. The molecule has 0 fully saturated rings. The number of aromatic carboxylic acids is 1. The topological polar surface area (TPSA) is 89.6 Å². The molecule has 0 saturated heterocycles. The van der Waals surface area contributed by atoms with E-state index in [1.807, 2.05) is 0 Å². The number of rotatable bonds is 5. The highest BCUT2D eigenvalue weighted by Crippen LogP contribution is 2.18. The van der Waals surface area contributed by atoms with Gasteiger partial charge < -0.3 is 15.6 Å². The van der Waals surface area contributed by atoms with Crippen LogP contribution in [0.3, 0.4) is 0 Å². The number of hydrogen-bond donors (Lipinski definition) is 2. The lowest BCUT2D eigenvalue weighted by atomic mass is 10.1. The van der Waals surface area contributed by atoms with E-state index in [0.717, 1.165) is 0 Å². The first-order valence-corrected chi connectivity index (χ1v) is 4.90. The fourth-order valence-corrected chi connectivity index (χ4v) is 1.27. The SMILES string of the molecule is COc1cc(C=CCC(N)=O)cc(C(=O)O)c1. The Kier molecular flexibility index (Phi) is 4.28. The molecule has 0 atom stereocenters. The van der Waals surface area contributed by atoms with Gasteiger partial charge in [-0.05, 0) is 23.8 Å². The largest absolute Gasteiger partial charge is 0.497 e. The average Bonchev–Trinajstić information content (AvgIpc) is 2.28. The Morgan fingerprint density at radius 3 is 2.65 bits per heavy atom. The lowest BCUT2D eigenvalue weighted by Gasteiger charge is -2.03. The van der Waals surface area contributed by atoms with Crippen LogP contribution in [0, 0.1) is 0 Å². The smallest absolute Gasteiger partial charge is 0.335 e. The quantitative estimate of drug-likeness (QED) is 0.804. The van der Waals surface area contributed by atoms with Crippen LogP contribution in [0.4, 0.5) is 0 Å². The third-order valence-electron chi connectivity index (χ3n) is 2.04. The number of carbonyl (C=O) groups is 2. The second-order valence-corrected chi connectivity index (χ2v) is 3.37. The van der Waals surface area contributed by atoms with Crippen molar-refractivity contribution in [2.24, 2.45) is 5.73 Å². The van der Waals surface area contributed by atoms with Crippen LogP contribution in [0.15, 0.2) is 24.3 Å². The highest BCUT2D eigenvalue weighted by atomic mass is 16.5. The van der Waals surface area contributed by atoms with Gasteiger partial charge in [0.1, 0.15) is 5.75 Å². The van der Waals surface area contributed by atoms with Gasteiger partial charge in [-0.3, -0.25) is 4.79 Å². The van der Waals surface area contributed by atoms with Crippen molar-refractivity contribution in [3.05, 3.63) is 35.4 Å². The van der Waals surface area contributed by atoms with E-state index in [2.05, 4.69) is 0 Å². The van der Waals surface area contributed by atoms with Gasteiger partial charge in [0.25, 0.3) is 0 Å². The Morgan fingerprint density at radius 1 is 1.41 bits per heavy atom. The van der Waals surface area contributed by atoms with Crippen LogP contribution in [0.5, 0.6) is 5.75 Å². The van der Waals surface area contributed by atoms with E-state index in [9.17, 15) is 9.59 Å². The van der Waals surface area contributed by atoms with Crippen molar-refractivity contribution >= 4 is 18.0 Å². The summed E-state index contributed by atoms with van der Waals surface area (Å²) in [5.41, 5.74) is 5.75. The monoisotopic (exact) mass is 235 g/mol. The molecule has 5 nitrogen and oxygen atoms in total. The standard InChI is InChI=1S/C12H13NO4/c1-17-10-6-8(3-2-4-11(13)14)5-9(7-10)12(15)16/h2-3,5-7H,4H2,1H3,(H2,13,14)(H,15,16). The van der Waals surface area contributed by atoms with Crippen LogP contribution >= 0.6 is 0 Å². The van der Waals surface area contributed by atoms with E-state index in [1.54, 1.807) is 18.2 Å². The van der Waals surface area contributed by atoms with Crippen LogP contribution in [0.25, 0.3) is 6.08 Å². The fraction of sp³-hybridized carbons (Fsp3) is 0.167. The van der Waals surface area contributed by atoms with E-state index in [0.29, 0.717) is 11.3 Å². The van der Waals surface area contributed by atoms with Gasteiger partial charge in [0.2, 0.25) is 5.91 Å². The number of ether oxygens (including phenoxy) is 1. The van der Waals surface area contributed by atoms with Gasteiger partial charge in [0, 0.05) is 6.42 Å². The third-order valence-corrected chi connectivity index (χ3v) is 2.04. The highest BCUT2D eigenvalue weighted by Gasteiger charge is 2.05. The molecule has 1 aromatic carbocycles. The summed E-state index contributed by atoms with van der Waals surface area (Å²) in [4.78, 5) is 21.4. The van der Waals surface area contributed by atoms with Crippen LogP contribution < -0.4 is 10.5 Å². The maximum absolute atomic E-state index is 10.8. The highest BCUT2D eigenvalue weighted by molar-refractivity contribution is 5.89. The minimum Gasteiger partial charge on any atom is -0.497 e. The van der Waals surface area contributed by atoms with Gasteiger partial charge in [-0.15, -0.1) is 0 Å². The Hall–Kier alpha value is -2.30. The summed E-state index contributed by atoms with van der Waals surface area (Å²) >= 11 is 0. The molecular formula is C12H13NO4. The number of benzene rings is 1. The third kappa shape index (κ3) is 3.98. The molecule has 0 saturated carbocycles. The molecule has 1 rings (SSSR count). The molecule has 0 unspecified atom stereocenters. The number of primary amides is 1. The van der Waals surface area contributed by atoms with E-state index >= 15 is 0 Å². The summed E-state index contributed by atoms with van der Waals surface area (Å²) in [7, 11) is 1.46. The molecule has 0 aliphatic carbocycles. The van der Waals surface area contributed by atoms with Gasteiger partial charge in [0.05, 0.1) is 12.7 Å². The summed E-state index contributed by atoms with van der Waals surface area (Å²) < 4.78 is 4.98. The summed E-state index contributed by atoms with van der Waals surface area (Å²) in [6.07, 6.45) is 3.31. The van der Waals surface area contributed by atoms with Crippen molar-refractivity contribution in [1.82, 2.24) is 0 Å². The van der Waals surface area contributed by atoms with Crippen molar-refractivity contribution in [2.45, 2.75) is 6.42 Å². The summed E-state index contributed by atoms with van der Waals surface area (Å²) in [5.74, 6) is -1.03. The van der Waals surface area contributed by atoms with Crippen molar-refractivity contribution in [2.75, 3.05) is 7.11 Å². The molecule has 90 valence electrons. The molecule has 0 aliphatic heterocycles. The van der Waals surface area contributed by atoms with E-state index in [-0.39, 0.29) is 12.0 Å². The van der Waals surface area contributed by atoms with Crippen molar-refractivity contribution in [3.63, 3.8) is 0 Å². The molecule has 3 N–H and O–H groups in total. The maximum Gasteiger partial charge on any atom is 0.335 e. The molecule has 0 bridgehead atoms. The number of carboxylic acid groups (broad SMARTS) is 1. The first-order valence-electron chi connectivity index (χ1n) is 4.90. The Balaban J connectivity index is 2.98. The molecule has 0 heterocycles. The molecule has 1 amide bonds. The van der Waals surface area contributed by atoms with Gasteiger partial charge in [-0.1, -0.05) is 12.2 Å². The zero-order valence-electron chi connectivity index (χ0n) is 9.34. The zero-order valence-corrected chi connectivity index (χ0v) is 9.34. The van der Waals surface area contributed by atoms with E-state index < -0.39 is 11.9 Å².